The maximum Gasteiger partial charge on any atom is 0.410 e. The zero-order valence-corrected chi connectivity index (χ0v) is 30.9. The number of carbonyl (C=O) groups is 2. The Labute approximate surface area is 293 Å². The number of epoxide rings is 1. The summed E-state index contributed by atoms with van der Waals surface area (Å²) >= 11 is 0. The van der Waals surface area contributed by atoms with Gasteiger partial charge >= 0.3 is 12.1 Å². The van der Waals surface area contributed by atoms with Crippen molar-refractivity contribution in [2.75, 3.05) is 53.6 Å². The fourth-order valence-electron chi connectivity index (χ4n) is 6.41. The van der Waals surface area contributed by atoms with Gasteiger partial charge in [-0.2, -0.15) is 0 Å². The number of methoxy groups -OCH3 is 1. The summed E-state index contributed by atoms with van der Waals surface area (Å²) in [6, 6.07) is 0. The Morgan fingerprint density at radius 2 is 1.98 bits per heavy atom. The van der Waals surface area contributed by atoms with Gasteiger partial charge in [0.25, 0.3) is 0 Å². The molecule has 0 aromatic heterocycles. The second-order valence-corrected chi connectivity index (χ2v) is 14.6. The number of esters is 1. The number of aliphatic hydroxyl groups is 3. The Hall–Kier alpha value is -2.32. The lowest BCUT2D eigenvalue weighted by Crippen LogP contribution is -2.47. The van der Waals surface area contributed by atoms with E-state index < -0.39 is 47.7 Å². The summed E-state index contributed by atoms with van der Waals surface area (Å²) in [6.45, 7) is 15.4. The minimum atomic E-state index is -1.15. The first-order valence-electron chi connectivity index (χ1n) is 17.8. The molecule has 1 amide bonds. The van der Waals surface area contributed by atoms with Gasteiger partial charge in [0.15, 0.2) is 6.10 Å². The molecule has 49 heavy (non-hydrogen) atoms. The summed E-state index contributed by atoms with van der Waals surface area (Å²) in [5, 5.41) is 32.0. The number of rotatable bonds is 13. The highest BCUT2D eigenvalue weighted by atomic mass is 16.6. The highest BCUT2D eigenvalue weighted by Crippen LogP contribution is 2.37. The van der Waals surface area contributed by atoms with E-state index in [-0.39, 0.29) is 36.9 Å². The lowest BCUT2D eigenvalue weighted by Gasteiger charge is -2.36. The van der Waals surface area contributed by atoms with Crippen LogP contribution in [-0.2, 0) is 28.5 Å². The molecule has 0 aliphatic carbocycles. The summed E-state index contributed by atoms with van der Waals surface area (Å²) in [6.07, 6.45) is 6.74. The quantitative estimate of drug-likeness (QED) is 0.112. The van der Waals surface area contributed by atoms with Crippen LogP contribution in [0.3, 0.4) is 0 Å². The predicted molar refractivity (Wildman–Crippen MR) is 186 cm³/mol. The molecule has 12 nitrogen and oxygen atoms in total. The maximum absolute atomic E-state index is 13.3. The van der Waals surface area contributed by atoms with E-state index >= 15 is 0 Å². The van der Waals surface area contributed by atoms with Crippen molar-refractivity contribution in [3.63, 3.8) is 0 Å². The highest BCUT2D eigenvalue weighted by Gasteiger charge is 2.47. The van der Waals surface area contributed by atoms with Gasteiger partial charge in [-0.25, -0.2) is 4.79 Å². The lowest BCUT2D eigenvalue weighted by atomic mass is 9.88. The molecular formula is C37H62N2O10. The van der Waals surface area contributed by atoms with Gasteiger partial charge in [0.1, 0.15) is 11.7 Å². The van der Waals surface area contributed by atoms with Crippen molar-refractivity contribution in [3.05, 3.63) is 36.0 Å². The second kappa shape index (κ2) is 18.8. The van der Waals surface area contributed by atoms with Crippen molar-refractivity contribution in [2.45, 2.75) is 121 Å². The van der Waals surface area contributed by atoms with Crippen LogP contribution in [0.25, 0.3) is 0 Å². The smallest absolute Gasteiger partial charge is 0.410 e. The van der Waals surface area contributed by atoms with Gasteiger partial charge in [0, 0.05) is 58.6 Å². The molecule has 0 radical (unpaired) electrons. The van der Waals surface area contributed by atoms with Crippen LogP contribution in [0.4, 0.5) is 4.79 Å². The maximum atomic E-state index is 13.3. The Morgan fingerprint density at radius 3 is 2.63 bits per heavy atom. The molecule has 0 spiro atoms. The molecule has 2 fully saturated rings. The summed E-state index contributed by atoms with van der Waals surface area (Å²) in [7, 11) is 3.26. The highest BCUT2D eigenvalue weighted by molar-refractivity contribution is 5.70. The van der Waals surface area contributed by atoms with Gasteiger partial charge in [-0.1, -0.05) is 45.1 Å². The van der Waals surface area contributed by atoms with Crippen LogP contribution in [0.1, 0.15) is 73.6 Å². The number of nitrogens with zero attached hydrogens (tertiary/aromatic N) is 2. The molecule has 10 atom stereocenters. The van der Waals surface area contributed by atoms with Gasteiger partial charge in [-0.3, -0.25) is 9.69 Å². The molecular weight excluding hydrogens is 632 g/mol. The molecule has 3 rings (SSSR count). The van der Waals surface area contributed by atoms with Gasteiger partial charge in [0.05, 0.1) is 49.7 Å². The third-order valence-corrected chi connectivity index (χ3v) is 10.2. The molecule has 0 aromatic rings. The van der Waals surface area contributed by atoms with Gasteiger partial charge in [-0.05, 0) is 51.7 Å². The average molecular weight is 695 g/mol. The van der Waals surface area contributed by atoms with Gasteiger partial charge < -0.3 is 43.9 Å². The average Bonchev–Trinajstić information content (AvgIpc) is 3.83. The Bertz CT molecular complexity index is 1150. The van der Waals surface area contributed by atoms with E-state index in [4.69, 9.17) is 23.7 Å². The van der Waals surface area contributed by atoms with Crippen molar-refractivity contribution < 1.29 is 48.6 Å². The van der Waals surface area contributed by atoms with Crippen molar-refractivity contribution in [2.24, 2.45) is 11.8 Å². The third-order valence-electron chi connectivity index (χ3n) is 10.2. The number of carbonyl (C=O) groups excluding carboxylic acids is 2. The number of morpholine rings is 1. The van der Waals surface area contributed by atoms with E-state index in [1.807, 2.05) is 40.7 Å². The fourth-order valence-corrected chi connectivity index (χ4v) is 6.41. The monoisotopic (exact) mass is 694 g/mol. The zero-order chi connectivity index (χ0) is 36.4. The Kier molecular flexibility index (Phi) is 15.8. The molecule has 2 saturated heterocycles. The number of cyclic esters (lactones) is 1. The van der Waals surface area contributed by atoms with Crippen LogP contribution in [0.2, 0.25) is 0 Å². The van der Waals surface area contributed by atoms with E-state index in [9.17, 15) is 24.9 Å². The minimum Gasteiger partial charge on any atom is -0.457 e. The van der Waals surface area contributed by atoms with Crippen molar-refractivity contribution >= 4 is 12.1 Å². The van der Waals surface area contributed by atoms with Crippen LogP contribution in [0.15, 0.2) is 36.0 Å². The molecule has 280 valence electrons. The third kappa shape index (κ3) is 12.7. The molecule has 3 N–H and O–H groups in total. The van der Waals surface area contributed by atoms with Crippen molar-refractivity contribution in [1.82, 2.24) is 9.80 Å². The minimum absolute atomic E-state index is 0.00750. The molecule has 3 aliphatic rings. The lowest BCUT2D eigenvalue weighted by molar-refractivity contribution is -0.151. The number of ether oxygens (including phenoxy) is 5. The summed E-state index contributed by atoms with van der Waals surface area (Å²) in [5.41, 5.74) is -1.38. The molecule has 0 saturated carbocycles. The van der Waals surface area contributed by atoms with Crippen molar-refractivity contribution in [3.8, 4) is 0 Å². The van der Waals surface area contributed by atoms with Gasteiger partial charge in [-0.15, -0.1) is 0 Å². The number of likely N-dealkylation sites (N-methyl/N-ethyl adjacent to an activating group) is 1. The first kappa shape index (κ1) is 41.1. The summed E-state index contributed by atoms with van der Waals surface area (Å²) in [5.74, 6) is -0.864. The molecule has 12 heteroatoms. The standard InChI is InChI=1S/C37H62N2O10/c1-9-29(41)27(4)34-30(47-34)24-36(5,44)15-10-11-25(2)33-26(3)12-13-31(37(6,45-8)16-14-28(40)23-32(42)49-33)48-35(43)38(7)17-18-39-19-21-46-22-20-39/h10-13,15,26-31,33-34,40-41,44H,9,14,16-24H2,1-8H3. The topological polar surface area (TPSA) is 151 Å². The Balaban J connectivity index is 1.74. The van der Waals surface area contributed by atoms with E-state index in [1.54, 1.807) is 50.3 Å². The van der Waals surface area contributed by atoms with E-state index in [0.717, 1.165) is 18.7 Å². The van der Waals surface area contributed by atoms with E-state index in [2.05, 4.69) is 4.90 Å². The molecule has 0 bridgehead atoms. The Morgan fingerprint density at radius 1 is 1.29 bits per heavy atom. The molecule has 10 unspecified atom stereocenters. The zero-order valence-electron chi connectivity index (χ0n) is 30.9. The van der Waals surface area contributed by atoms with Crippen LogP contribution in [-0.4, -0.2) is 139 Å². The largest absolute Gasteiger partial charge is 0.457 e. The SMILES string of the molecule is CCC(O)C(C)C1OC1CC(C)(O)C=CC=C(C)C1OC(=O)CC(O)CCC(C)(OC)C(OC(=O)N(C)CCN2CCOCC2)C=CC1C. The first-order valence-corrected chi connectivity index (χ1v) is 17.8. The summed E-state index contributed by atoms with van der Waals surface area (Å²) < 4.78 is 29.0. The van der Waals surface area contributed by atoms with Crippen molar-refractivity contribution in [1.29, 1.82) is 0 Å². The van der Waals surface area contributed by atoms with Crippen LogP contribution in [0, 0.1) is 11.8 Å². The summed E-state index contributed by atoms with van der Waals surface area (Å²) in [4.78, 5) is 30.0. The van der Waals surface area contributed by atoms with Crippen LogP contribution >= 0.6 is 0 Å². The molecule has 3 heterocycles. The number of amides is 1. The molecule has 0 aromatic carbocycles. The second-order valence-electron chi connectivity index (χ2n) is 14.6. The predicted octanol–water partition coefficient (Wildman–Crippen LogP) is 3.63. The van der Waals surface area contributed by atoms with Gasteiger partial charge in [0.2, 0.25) is 0 Å². The number of aliphatic hydroxyl groups excluding tert-OH is 2. The van der Waals surface area contributed by atoms with E-state index in [1.165, 1.54) is 0 Å². The number of hydrogen-bond donors (Lipinski definition) is 3. The van der Waals surface area contributed by atoms with E-state index in [0.29, 0.717) is 45.6 Å². The molecule has 3 aliphatic heterocycles. The number of hydrogen-bond acceptors (Lipinski definition) is 11. The first-order chi connectivity index (χ1) is 23.1. The fraction of sp³-hybridized carbons (Fsp3) is 0.784. The van der Waals surface area contributed by atoms with Crippen LogP contribution < -0.4 is 0 Å². The normalized spacial score (nSPS) is 33.1. The van der Waals surface area contributed by atoms with Crippen LogP contribution in [0.5, 0.6) is 0 Å². The number of allylic oxidation sites excluding steroid dienone is 2.